The third-order valence-corrected chi connectivity index (χ3v) is 2.29. The molecule has 0 spiro atoms. The summed E-state index contributed by atoms with van der Waals surface area (Å²) in [7, 11) is 0. The van der Waals surface area contributed by atoms with Gasteiger partial charge in [-0.3, -0.25) is 0 Å². The Morgan fingerprint density at radius 3 is 3.00 bits per heavy atom. The van der Waals surface area contributed by atoms with Crippen molar-refractivity contribution in [3.05, 3.63) is 46.0 Å². The molecule has 15 heavy (non-hydrogen) atoms. The van der Waals surface area contributed by atoms with Crippen LogP contribution in [0.5, 0.6) is 5.75 Å². The van der Waals surface area contributed by atoms with E-state index in [4.69, 9.17) is 20.8 Å². The molecule has 0 amide bonds. The summed E-state index contributed by atoms with van der Waals surface area (Å²) in [5.74, 6) is 1.21. The molecule has 0 bridgehead atoms. The van der Waals surface area contributed by atoms with Crippen LogP contribution < -0.4 is 4.74 Å². The van der Waals surface area contributed by atoms with E-state index in [9.17, 15) is 0 Å². The summed E-state index contributed by atoms with van der Waals surface area (Å²) in [4.78, 5) is 3.98. The van der Waals surface area contributed by atoms with Crippen molar-refractivity contribution in [2.45, 2.75) is 6.61 Å². The second-order valence-electron chi connectivity index (χ2n) is 2.80. The Morgan fingerprint density at radius 2 is 2.33 bits per heavy atom. The third-order valence-electron chi connectivity index (χ3n) is 1.68. The maximum absolute atomic E-state index is 5.80. The number of aromatic nitrogens is 1. The van der Waals surface area contributed by atoms with Crippen molar-refractivity contribution < 1.29 is 9.15 Å². The molecule has 1 aromatic heterocycles. The number of benzene rings is 1. The normalized spacial score (nSPS) is 10.3. The van der Waals surface area contributed by atoms with Gasteiger partial charge in [-0.1, -0.05) is 17.7 Å². The molecule has 3 nitrogen and oxygen atoms in total. The molecule has 2 aromatic rings. The van der Waals surface area contributed by atoms with Gasteiger partial charge in [0, 0.05) is 5.02 Å². The first-order chi connectivity index (χ1) is 7.24. The standard InChI is InChI=1S/C10H7BrClNO2/c11-9-5-13-10(15-9)6-14-8-3-1-2-7(12)4-8/h1-5H,6H2. The van der Waals surface area contributed by atoms with Gasteiger partial charge in [0.2, 0.25) is 5.89 Å². The van der Waals surface area contributed by atoms with Gasteiger partial charge in [-0.25, -0.2) is 4.98 Å². The van der Waals surface area contributed by atoms with E-state index in [-0.39, 0.29) is 6.61 Å². The van der Waals surface area contributed by atoms with Gasteiger partial charge in [0.05, 0.1) is 6.20 Å². The van der Waals surface area contributed by atoms with Crippen LogP contribution in [0, 0.1) is 0 Å². The van der Waals surface area contributed by atoms with Crippen LogP contribution in [0.2, 0.25) is 5.02 Å². The molecule has 0 saturated heterocycles. The highest BCUT2D eigenvalue weighted by Crippen LogP contribution is 2.19. The van der Waals surface area contributed by atoms with E-state index in [0.29, 0.717) is 21.3 Å². The molecule has 0 N–H and O–H groups in total. The van der Waals surface area contributed by atoms with E-state index in [1.807, 2.05) is 12.1 Å². The molecule has 78 valence electrons. The summed E-state index contributed by atoms with van der Waals surface area (Å²) < 4.78 is 11.2. The Hall–Kier alpha value is -1.000. The molecule has 0 saturated carbocycles. The number of ether oxygens (including phenoxy) is 1. The Balaban J connectivity index is 1.99. The lowest BCUT2D eigenvalue weighted by atomic mass is 10.3. The highest BCUT2D eigenvalue weighted by molar-refractivity contribution is 9.10. The van der Waals surface area contributed by atoms with E-state index in [1.165, 1.54) is 0 Å². The van der Waals surface area contributed by atoms with Crippen LogP contribution in [0.25, 0.3) is 0 Å². The monoisotopic (exact) mass is 287 g/mol. The number of halogens is 2. The Morgan fingerprint density at radius 1 is 1.47 bits per heavy atom. The molecule has 1 heterocycles. The van der Waals surface area contributed by atoms with Gasteiger partial charge in [0.25, 0.3) is 0 Å². The van der Waals surface area contributed by atoms with E-state index < -0.39 is 0 Å². The summed E-state index contributed by atoms with van der Waals surface area (Å²) in [5.41, 5.74) is 0. The molecule has 0 aliphatic heterocycles. The topological polar surface area (TPSA) is 35.3 Å². The van der Waals surface area contributed by atoms with Gasteiger partial charge in [0.1, 0.15) is 5.75 Å². The van der Waals surface area contributed by atoms with Gasteiger partial charge < -0.3 is 9.15 Å². The van der Waals surface area contributed by atoms with E-state index in [2.05, 4.69) is 20.9 Å². The first-order valence-electron chi connectivity index (χ1n) is 4.22. The lowest BCUT2D eigenvalue weighted by molar-refractivity contribution is 0.260. The minimum atomic E-state index is 0.284. The molecule has 0 aliphatic rings. The second-order valence-corrected chi connectivity index (χ2v) is 4.02. The first-order valence-corrected chi connectivity index (χ1v) is 5.40. The average molecular weight is 289 g/mol. The number of hydrogen-bond acceptors (Lipinski definition) is 3. The van der Waals surface area contributed by atoms with Crippen LogP contribution in [-0.4, -0.2) is 4.98 Å². The quantitative estimate of drug-likeness (QED) is 0.864. The fourth-order valence-electron chi connectivity index (χ4n) is 1.06. The minimum Gasteiger partial charge on any atom is -0.484 e. The van der Waals surface area contributed by atoms with Crippen molar-refractivity contribution in [3.8, 4) is 5.75 Å². The largest absolute Gasteiger partial charge is 0.484 e. The van der Waals surface area contributed by atoms with E-state index in [0.717, 1.165) is 0 Å². The van der Waals surface area contributed by atoms with Crippen LogP contribution in [0.15, 0.2) is 39.5 Å². The minimum absolute atomic E-state index is 0.284. The SMILES string of the molecule is Clc1cccc(OCc2ncc(Br)o2)c1. The molecule has 1 aromatic carbocycles. The van der Waals surface area contributed by atoms with Crippen molar-refractivity contribution in [1.29, 1.82) is 0 Å². The Bertz CT molecular complexity index is 458. The fourth-order valence-corrected chi connectivity index (χ4v) is 1.53. The molecule has 0 atom stereocenters. The van der Waals surface area contributed by atoms with E-state index in [1.54, 1.807) is 18.3 Å². The second kappa shape index (κ2) is 4.68. The highest BCUT2D eigenvalue weighted by atomic mass is 79.9. The van der Waals surface area contributed by atoms with E-state index >= 15 is 0 Å². The predicted octanol–water partition coefficient (Wildman–Crippen LogP) is 3.67. The van der Waals surface area contributed by atoms with Crippen LogP contribution in [0.3, 0.4) is 0 Å². The summed E-state index contributed by atoms with van der Waals surface area (Å²) >= 11 is 8.97. The predicted molar refractivity (Wildman–Crippen MR) is 60.0 cm³/mol. The summed E-state index contributed by atoms with van der Waals surface area (Å²) in [6.07, 6.45) is 1.58. The molecule has 0 fully saturated rings. The summed E-state index contributed by atoms with van der Waals surface area (Å²) in [6, 6.07) is 7.17. The molecular formula is C10H7BrClNO2. The maximum Gasteiger partial charge on any atom is 0.233 e. The molecule has 0 radical (unpaired) electrons. The molecule has 0 unspecified atom stereocenters. The number of rotatable bonds is 3. The average Bonchev–Trinajstić information content (AvgIpc) is 2.62. The number of nitrogens with zero attached hydrogens (tertiary/aromatic N) is 1. The Labute approximate surface area is 100 Å². The number of hydrogen-bond donors (Lipinski definition) is 0. The van der Waals surface area contributed by atoms with Gasteiger partial charge in [-0.2, -0.15) is 0 Å². The van der Waals surface area contributed by atoms with Gasteiger partial charge in [0.15, 0.2) is 11.3 Å². The van der Waals surface area contributed by atoms with Crippen LogP contribution >= 0.6 is 27.5 Å². The van der Waals surface area contributed by atoms with Crippen LogP contribution in [0.4, 0.5) is 0 Å². The third kappa shape index (κ3) is 2.97. The van der Waals surface area contributed by atoms with Crippen LogP contribution in [0.1, 0.15) is 5.89 Å². The van der Waals surface area contributed by atoms with Crippen molar-refractivity contribution in [2.75, 3.05) is 0 Å². The molecule has 0 aliphatic carbocycles. The molecule has 2 rings (SSSR count). The zero-order valence-electron chi connectivity index (χ0n) is 7.61. The van der Waals surface area contributed by atoms with Gasteiger partial charge >= 0.3 is 0 Å². The number of oxazole rings is 1. The zero-order chi connectivity index (χ0) is 10.7. The van der Waals surface area contributed by atoms with Crippen molar-refractivity contribution in [1.82, 2.24) is 4.98 Å². The summed E-state index contributed by atoms with van der Waals surface area (Å²) in [5, 5.41) is 0.640. The summed E-state index contributed by atoms with van der Waals surface area (Å²) in [6.45, 7) is 0.284. The van der Waals surface area contributed by atoms with Crippen molar-refractivity contribution in [2.24, 2.45) is 0 Å². The Kier molecular flexibility index (Phi) is 3.28. The molecule has 5 heteroatoms. The van der Waals surface area contributed by atoms with Gasteiger partial charge in [-0.15, -0.1) is 0 Å². The lowest BCUT2D eigenvalue weighted by Gasteiger charge is -2.02. The first kappa shape index (κ1) is 10.5. The lowest BCUT2D eigenvalue weighted by Crippen LogP contribution is -1.94. The fraction of sp³-hybridized carbons (Fsp3) is 0.100. The maximum atomic E-state index is 5.80. The smallest absolute Gasteiger partial charge is 0.233 e. The zero-order valence-corrected chi connectivity index (χ0v) is 9.96. The van der Waals surface area contributed by atoms with Crippen LogP contribution in [-0.2, 0) is 6.61 Å². The van der Waals surface area contributed by atoms with Crippen molar-refractivity contribution in [3.63, 3.8) is 0 Å². The molecular weight excluding hydrogens is 281 g/mol. The van der Waals surface area contributed by atoms with Crippen molar-refractivity contribution >= 4 is 27.5 Å². The van der Waals surface area contributed by atoms with Gasteiger partial charge in [-0.05, 0) is 34.1 Å². The highest BCUT2D eigenvalue weighted by Gasteiger charge is 2.02.